The van der Waals surface area contributed by atoms with Gasteiger partial charge in [-0.3, -0.25) is 4.79 Å². The maximum Gasteiger partial charge on any atom is 0.307 e. The number of aliphatic carboxylic acids is 1. The van der Waals surface area contributed by atoms with Crippen molar-refractivity contribution in [2.75, 3.05) is 17.6 Å². The van der Waals surface area contributed by atoms with E-state index in [9.17, 15) is 9.35 Å². The Morgan fingerprint density at radius 3 is 2.75 bits per heavy atom. The summed E-state index contributed by atoms with van der Waals surface area (Å²) in [6.45, 7) is 7.53. The summed E-state index contributed by atoms with van der Waals surface area (Å²) < 4.78 is 19.9. The average molecular weight is 297 g/mol. The molecule has 1 aromatic rings. The summed E-state index contributed by atoms with van der Waals surface area (Å²) in [6.07, 6.45) is 3.04. The highest BCUT2D eigenvalue weighted by Crippen LogP contribution is 2.35. The molecular weight excluding hydrogens is 278 g/mol. The SMILES string of the molecule is C=CCOc1c(C)cc(CC(=O)O)c(C)c1N[S+](C)[O-]. The Morgan fingerprint density at radius 1 is 1.60 bits per heavy atom. The molecule has 0 spiro atoms. The van der Waals surface area contributed by atoms with Crippen LogP contribution in [0.15, 0.2) is 18.7 Å². The van der Waals surface area contributed by atoms with Crippen LogP contribution in [0.2, 0.25) is 0 Å². The molecule has 0 saturated carbocycles. The molecule has 1 aromatic carbocycles. The third kappa shape index (κ3) is 4.18. The Morgan fingerprint density at radius 2 is 2.25 bits per heavy atom. The predicted octanol–water partition coefficient (Wildman–Crippen LogP) is 2.20. The molecule has 1 unspecified atom stereocenters. The minimum atomic E-state index is -1.28. The van der Waals surface area contributed by atoms with Gasteiger partial charge in [-0.1, -0.05) is 18.7 Å². The third-order valence-electron chi connectivity index (χ3n) is 2.77. The van der Waals surface area contributed by atoms with Gasteiger partial charge in [-0.05, 0) is 30.5 Å². The summed E-state index contributed by atoms with van der Waals surface area (Å²) in [6, 6.07) is 1.78. The molecule has 0 aromatic heterocycles. The minimum absolute atomic E-state index is 0.0839. The summed E-state index contributed by atoms with van der Waals surface area (Å²) in [7, 11) is 0. The molecule has 0 heterocycles. The first kappa shape index (κ1) is 16.4. The zero-order valence-electron chi connectivity index (χ0n) is 11.9. The summed E-state index contributed by atoms with van der Waals surface area (Å²) in [5.74, 6) is -0.331. The molecule has 0 saturated heterocycles. The quantitative estimate of drug-likeness (QED) is 0.595. The second-order valence-electron chi connectivity index (χ2n) is 4.41. The minimum Gasteiger partial charge on any atom is -0.593 e. The number of anilines is 1. The number of rotatable bonds is 7. The lowest BCUT2D eigenvalue weighted by Crippen LogP contribution is -2.14. The van der Waals surface area contributed by atoms with E-state index in [1.807, 2.05) is 6.92 Å². The van der Waals surface area contributed by atoms with E-state index in [4.69, 9.17) is 9.84 Å². The fourth-order valence-electron chi connectivity index (χ4n) is 1.90. The summed E-state index contributed by atoms with van der Waals surface area (Å²) in [5, 5.41) is 8.94. The summed E-state index contributed by atoms with van der Waals surface area (Å²) >= 11 is -1.28. The van der Waals surface area contributed by atoms with Crippen LogP contribution in [0, 0.1) is 13.8 Å². The first-order valence-corrected chi connectivity index (χ1v) is 7.61. The third-order valence-corrected chi connectivity index (χ3v) is 3.26. The number of nitrogens with one attached hydrogen (secondary N) is 1. The molecule has 1 rings (SSSR count). The Labute approximate surface area is 122 Å². The molecule has 6 heteroatoms. The molecule has 1 atom stereocenters. The van der Waals surface area contributed by atoms with Crippen molar-refractivity contribution in [1.29, 1.82) is 0 Å². The topological polar surface area (TPSA) is 81.6 Å². The molecule has 0 fully saturated rings. The molecule has 0 aliphatic rings. The highest BCUT2D eigenvalue weighted by molar-refractivity contribution is 7.92. The molecule has 0 amide bonds. The van der Waals surface area contributed by atoms with Crippen LogP contribution >= 0.6 is 0 Å². The van der Waals surface area contributed by atoms with Crippen molar-refractivity contribution in [1.82, 2.24) is 0 Å². The Kier molecular flexibility index (Phi) is 5.91. The molecule has 0 radical (unpaired) electrons. The van der Waals surface area contributed by atoms with Gasteiger partial charge >= 0.3 is 5.97 Å². The summed E-state index contributed by atoms with van der Waals surface area (Å²) in [5.41, 5.74) is 2.77. The lowest BCUT2D eigenvalue weighted by molar-refractivity contribution is -0.136. The van der Waals surface area contributed by atoms with Crippen molar-refractivity contribution in [3.63, 3.8) is 0 Å². The smallest absolute Gasteiger partial charge is 0.307 e. The van der Waals surface area contributed by atoms with Crippen molar-refractivity contribution in [2.45, 2.75) is 20.3 Å². The molecular formula is C14H19NO4S. The first-order chi connectivity index (χ1) is 9.36. The number of aryl methyl sites for hydroxylation is 1. The number of hydrogen-bond acceptors (Lipinski definition) is 4. The monoisotopic (exact) mass is 297 g/mol. The second-order valence-corrected chi connectivity index (χ2v) is 5.52. The standard InChI is InChI=1S/C14H19NO4S/c1-5-6-19-14-9(2)7-11(8-12(16)17)10(3)13(14)15-20(4)18/h5,7,15H,1,6,8H2,2-4H3,(H,16,17). The van der Waals surface area contributed by atoms with Crippen molar-refractivity contribution in [3.05, 3.63) is 35.4 Å². The van der Waals surface area contributed by atoms with Gasteiger partial charge in [-0.15, -0.1) is 0 Å². The number of ether oxygens (including phenoxy) is 1. The van der Waals surface area contributed by atoms with E-state index in [1.165, 1.54) is 6.26 Å². The Bertz CT molecular complexity index is 514. The van der Waals surface area contributed by atoms with Crippen LogP contribution in [0.1, 0.15) is 16.7 Å². The van der Waals surface area contributed by atoms with Crippen LogP contribution < -0.4 is 9.46 Å². The average Bonchev–Trinajstić information content (AvgIpc) is 2.33. The molecule has 0 bridgehead atoms. The van der Waals surface area contributed by atoms with Crippen LogP contribution in [-0.4, -0.2) is 28.5 Å². The number of carbonyl (C=O) groups is 1. The van der Waals surface area contributed by atoms with Gasteiger partial charge in [0.05, 0.1) is 17.8 Å². The Hall–Kier alpha value is -1.66. The van der Waals surface area contributed by atoms with Crippen molar-refractivity contribution in [2.24, 2.45) is 0 Å². The largest absolute Gasteiger partial charge is 0.593 e. The van der Waals surface area contributed by atoms with E-state index in [0.717, 1.165) is 11.1 Å². The van der Waals surface area contributed by atoms with Gasteiger partial charge in [-0.2, -0.15) is 0 Å². The first-order valence-electron chi connectivity index (χ1n) is 6.05. The van der Waals surface area contributed by atoms with Gasteiger partial charge in [0.1, 0.15) is 24.3 Å². The van der Waals surface area contributed by atoms with E-state index in [-0.39, 0.29) is 6.42 Å². The normalized spacial score (nSPS) is 11.8. The maximum atomic E-state index is 11.4. The number of carboxylic acid groups (broad SMARTS) is 1. The van der Waals surface area contributed by atoms with Gasteiger partial charge in [0, 0.05) is 0 Å². The van der Waals surface area contributed by atoms with Crippen molar-refractivity contribution in [3.8, 4) is 5.75 Å². The lowest BCUT2D eigenvalue weighted by atomic mass is 10.00. The molecule has 5 nitrogen and oxygen atoms in total. The van der Waals surface area contributed by atoms with E-state index < -0.39 is 17.3 Å². The maximum absolute atomic E-state index is 11.4. The number of carboxylic acids is 1. The van der Waals surface area contributed by atoms with Crippen LogP contribution in [-0.2, 0) is 22.6 Å². The fraction of sp³-hybridized carbons (Fsp3) is 0.357. The van der Waals surface area contributed by atoms with E-state index in [1.54, 1.807) is 19.1 Å². The predicted molar refractivity (Wildman–Crippen MR) is 80.6 cm³/mol. The zero-order valence-corrected chi connectivity index (χ0v) is 12.7. The van der Waals surface area contributed by atoms with Crippen molar-refractivity contribution < 1.29 is 19.2 Å². The van der Waals surface area contributed by atoms with E-state index in [2.05, 4.69) is 11.3 Å². The number of hydrogen-bond donors (Lipinski definition) is 2. The summed E-state index contributed by atoms with van der Waals surface area (Å²) in [4.78, 5) is 10.9. The Balaban J connectivity index is 3.32. The van der Waals surface area contributed by atoms with Gasteiger partial charge in [0.25, 0.3) is 0 Å². The zero-order chi connectivity index (χ0) is 15.3. The molecule has 110 valence electrons. The van der Waals surface area contributed by atoms with E-state index >= 15 is 0 Å². The number of benzene rings is 1. The molecule has 20 heavy (non-hydrogen) atoms. The molecule has 0 aliphatic heterocycles. The van der Waals surface area contributed by atoms with Crippen LogP contribution in [0.3, 0.4) is 0 Å². The van der Waals surface area contributed by atoms with E-state index in [0.29, 0.717) is 23.6 Å². The highest BCUT2D eigenvalue weighted by atomic mass is 32.2. The van der Waals surface area contributed by atoms with Crippen LogP contribution in [0.4, 0.5) is 5.69 Å². The van der Waals surface area contributed by atoms with Gasteiger partial charge in [-0.25, -0.2) is 4.72 Å². The van der Waals surface area contributed by atoms with Crippen molar-refractivity contribution >= 4 is 23.0 Å². The van der Waals surface area contributed by atoms with Gasteiger partial charge < -0.3 is 14.4 Å². The lowest BCUT2D eigenvalue weighted by Gasteiger charge is -2.19. The fourth-order valence-corrected chi connectivity index (χ4v) is 2.44. The van der Waals surface area contributed by atoms with Gasteiger partial charge in [0.15, 0.2) is 0 Å². The van der Waals surface area contributed by atoms with Crippen LogP contribution in [0.25, 0.3) is 0 Å². The van der Waals surface area contributed by atoms with Crippen LogP contribution in [0.5, 0.6) is 5.75 Å². The molecule has 2 N–H and O–H groups in total. The highest BCUT2D eigenvalue weighted by Gasteiger charge is 2.18. The van der Waals surface area contributed by atoms with Gasteiger partial charge in [0.2, 0.25) is 0 Å². The molecule has 0 aliphatic carbocycles. The second kappa shape index (κ2) is 7.21.